The average molecular weight is 313 g/mol. The van der Waals surface area contributed by atoms with E-state index in [2.05, 4.69) is 15.3 Å². The van der Waals surface area contributed by atoms with Gasteiger partial charge < -0.3 is 20.9 Å². The fraction of sp³-hybridized carbons (Fsp3) is 0.231. The van der Waals surface area contributed by atoms with Crippen LogP contribution in [0.3, 0.4) is 0 Å². The van der Waals surface area contributed by atoms with Crippen LogP contribution in [-0.4, -0.2) is 34.3 Å². The SMILES string of the molecule is Nc1nc(Cl)cc(NCC(O)COc2ccc(F)cc2)n1. The van der Waals surface area contributed by atoms with Crippen LogP contribution >= 0.6 is 11.6 Å². The molecule has 0 aliphatic rings. The number of aromatic nitrogens is 2. The molecule has 0 aliphatic heterocycles. The third kappa shape index (κ3) is 5.05. The first-order valence-electron chi connectivity index (χ1n) is 6.13. The van der Waals surface area contributed by atoms with Gasteiger partial charge in [-0.3, -0.25) is 0 Å². The quantitative estimate of drug-likeness (QED) is 0.703. The second-order valence-electron chi connectivity index (χ2n) is 4.23. The van der Waals surface area contributed by atoms with Gasteiger partial charge in [0.2, 0.25) is 5.95 Å². The molecule has 0 radical (unpaired) electrons. The molecule has 0 amide bonds. The Morgan fingerprint density at radius 2 is 2.05 bits per heavy atom. The van der Waals surface area contributed by atoms with E-state index in [0.29, 0.717) is 11.6 Å². The Labute approximate surface area is 125 Å². The molecule has 1 atom stereocenters. The third-order valence-electron chi connectivity index (χ3n) is 2.49. The molecule has 1 unspecified atom stereocenters. The zero-order chi connectivity index (χ0) is 15.2. The van der Waals surface area contributed by atoms with Crippen LogP contribution in [-0.2, 0) is 0 Å². The molecule has 0 saturated heterocycles. The van der Waals surface area contributed by atoms with Gasteiger partial charge in [0.1, 0.15) is 35.2 Å². The molecule has 1 heterocycles. The number of anilines is 2. The number of aliphatic hydroxyl groups is 1. The fourth-order valence-corrected chi connectivity index (χ4v) is 1.72. The highest BCUT2D eigenvalue weighted by Gasteiger charge is 2.07. The lowest BCUT2D eigenvalue weighted by molar-refractivity contribution is 0.117. The Hall–Kier alpha value is -2.12. The molecule has 0 spiro atoms. The van der Waals surface area contributed by atoms with Crippen molar-refractivity contribution in [3.8, 4) is 5.75 Å². The van der Waals surface area contributed by atoms with Crippen LogP contribution in [0.25, 0.3) is 0 Å². The molecule has 6 nitrogen and oxygen atoms in total. The number of hydrogen-bond donors (Lipinski definition) is 3. The van der Waals surface area contributed by atoms with Gasteiger partial charge in [-0.15, -0.1) is 0 Å². The highest BCUT2D eigenvalue weighted by molar-refractivity contribution is 6.29. The summed E-state index contributed by atoms with van der Waals surface area (Å²) in [6, 6.07) is 7.03. The van der Waals surface area contributed by atoms with Gasteiger partial charge in [-0.05, 0) is 24.3 Å². The first-order valence-corrected chi connectivity index (χ1v) is 6.51. The van der Waals surface area contributed by atoms with E-state index in [1.54, 1.807) is 0 Å². The molecule has 21 heavy (non-hydrogen) atoms. The van der Waals surface area contributed by atoms with E-state index >= 15 is 0 Å². The van der Waals surface area contributed by atoms with Crippen molar-refractivity contribution >= 4 is 23.4 Å². The van der Waals surface area contributed by atoms with Crippen molar-refractivity contribution in [1.82, 2.24) is 9.97 Å². The minimum absolute atomic E-state index is 0.0436. The molecule has 0 bridgehead atoms. The Balaban J connectivity index is 1.79. The second kappa shape index (κ2) is 7.05. The van der Waals surface area contributed by atoms with Gasteiger partial charge >= 0.3 is 0 Å². The second-order valence-corrected chi connectivity index (χ2v) is 4.62. The number of benzene rings is 1. The first-order chi connectivity index (χ1) is 10.0. The Morgan fingerprint density at radius 3 is 2.71 bits per heavy atom. The molecule has 112 valence electrons. The lowest BCUT2D eigenvalue weighted by Crippen LogP contribution is -2.26. The summed E-state index contributed by atoms with van der Waals surface area (Å²) < 4.78 is 18.0. The first kappa shape index (κ1) is 15.3. The molecular formula is C13H14ClFN4O2. The number of hydrogen-bond acceptors (Lipinski definition) is 6. The predicted octanol–water partition coefficient (Wildman–Crippen LogP) is 1.70. The minimum atomic E-state index is -0.787. The average Bonchev–Trinajstić information content (AvgIpc) is 2.43. The van der Waals surface area contributed by atoms with E-state index < -0.39 is 6.10 Å². The zero-order valence-corrected chi connectivity index (χ0v) is 11.7. The van der Waals surface area contributed by atoms with Crippen LogP contribution in [0.1, 0.15) is 0 Å². The van der Waals surface area contributed by atoms with E-state index in [1.165, 1.54) is 30.3 Å². The van der Waals surface area contributed by atoms with E-state index in [0.717, 1.165) is 0 Å². The smallest absolute Gasteiger partial charge is 0.223 e. The summed E-state index contributed by atoms with van der Waals surface area (Å²) in [6.07, 6.45) is -0.787. The van der Waals surface area contributed by atoms with E-state index in [9.17, 15) is 9.50 Å². The molecule has 0 saturated carbocycles. The largest absolute Gasteiger partial charge is 0.491 e. The van der Waals surface area contributed by atoms with E-state index in [1.807, 2.05) is 0 Å². The molecule has 8 heteroatoms. The maximum Gasteiger partial charge on any atom is 0.223 e. The van der Waals surface area contributed by atoms with Crippen LogP contribution in [0.2, 0.25) is 5.15 Å². The summed E-state index contributed by atoms with van der Waals surface area (Å²) in [5.41, 5.74) is 5.45. The lowest BCUT2D eigenvalue weighted by Gasteiger charge is -2.13. The molecular weight excluding hydrogens is 299 g/mol. The van der Waals surface area contributed by atoms with Crippen LogP contribution in [0.15, 0.2) is 30.3 Å². The number of nitrogens with zero attached hydrogens (tertiary/aromatic N) is 2. The van der Waals surface area contributed by atoms with Crippen molar-refractivity contribution in [3.05, 3.63) is 41.3 Å². The monoisotopic (exact) mass is 312 g/mol. The van der Waals surface area contributed by atoms with Gasteiger partial charge in [-0.2, -0.15) is 4.98 Å². The predicted molar refractivity (Wildman–Crippen MR) is 77.8 cm³/mol. The summed E-state index contributed by atoms with van der Waals surface area (Å²) in [4.78, 5) is 7.63. The van der Waals surface area contributed by atoms with E-state index in [-0.39, 0.29) is 30.1 Å². The molecule has 0 fully saturated rings. The number of nitrogen functional groups attached to an aromatic ring is 1. The normalized spacial score (nSPS) is 12.0. The summed E-state index contributed by atoms with van der Waals surface area (Å²) >= 11 is 5.73. The topological polar surface area (TPSA) is 93.3 Å². The number of halogens is 2. The maximum atomic E-state index is 12.7. The van der Waals surface area contributed by atoms with Gasteiger partial charge in [-0.1, -0.05) is 11.6 Å². The van der Waals surface area contributed by atoms with Crippen LogP contribution in [0.4, 0.5) is 16.2 Å². The van der Waals surface area contributed by atoms with Gasteiger partial charge in [0.15, 0.2) is 0 Å². The number of rotatable bonds is 6. The number of aliphatic hydroxyl groups excluding tert-OH is 1. The van der Waals surface area contributed by atoms with Crippen molar-refractivity contribution in [2.24, 2.45) is 0 Å². The summed E-state index contributed by atoms with van der Waals surface area (Å²) in [5.74, 6) is 0.586. The molecule has 2 aromatic rings. The zero-order valence-electron chi connectivity index (χ0n) is 11.0. The summed E-state index contributed by atoms with van der Waals surface area (Å²) in [5, 5.41) is 12.9. The fourth-order valence-electron chi connectivity index (χ4n) is 1.53. The van der Waals surface area contributed by atoms with Crippen molar-refractivity contribution in [2.75, 3.05) is 24.2 Å². The van der Waals surface area contributed by atoms with E-state index in [4.69, 9.17) is 22.1 Å². The Bertz CT molecular complexity index is 577. The third-order valence-corrected chi connectivity index (χ3v) is 2.68. The lowest BCUT2D eigenvalue weighted by atomic mass is 10.3. The minimum Gasteiger partial charge on any atom is -0.491 e. The van der Waals surface area contributed by atoms with Gasteiger partial charge in [-0.25, -0.2) is 9.37 Å². The maximum absolute atomic E-state index is 12.7. The molecule has 2 rings (SSSR count). The number of ether oxygens (including phenoxy) is 1. The molecule has 1 aromatic carbocycles. The Kier molecular flexibility index (Phi) is 5.13. The van der Waals surface area contributed by atoms with Gasteiger partial charge in [0.05, 0.1) is 0 Å². The standard InChI is InChI=1S/C13H14ClFN4O2/c14-11-5-12(19-13(16)18-11)17-6-9(20)7-21-10-3-1-8(15)2-4-10/h1-5,9,20H,6-7H2,(H3,16,17,18,19). The molecule has 1 aromatic heterocycles. The van der Waals surface area contributed by atoms with Crippen molar-refractivity contribution in [1.29, 1.82) is 0 Å². The Morgan fingerprint density at radius 1 is 1.33 bits per heavy atom. The molecule has 4 N–H and O–H groups in total. The van der Waals surface area contributed by atoms with Crippen LogP contribution in [0, 0.1) is 5.82 Å². The van der Waals surface area contributed by atoms with Gasteiger partial charge in [0, 0.05) is 12.6 Å². The highest BCUT2D eigenvalue weighted by atomic mass is 35.5. The number of nitrogens with one attached hydrogen (secondary N) is 1. The number of nitrogens with two attached hydrogens (primary N) is 1. The highest BCUT2D eigenvalue weighted by Crippen LogP contribution is 2.13. The van der Waals surface area contributed by atoms with Gasteiger partial charge in [0.25, 0.3) is 0 Å². The van der Waals surface area contributed by atoms with Crippen molar-refractivity contribution in [3.63, 3.8) is 0 Å². The molecule has 0 aliphatic carbocycles. The van der Waals surface area contributed by atoms with Crippen molar-refractivity contribution in [2.45, 2.75) is 6.10 Å². The van der Waals surface area contributed by atoms with Crippen LogP contribution < -0.4 is 15.8 Å². The summed E-state index contributed by atoms with van der Waals surface area (Å²) in [7, 11) is 0. The van der Waals surface area contributed by atoms with Crippen LogP contribution in [0.5, 0.6) is 5.75 Å². The van der Waals surface area contributed by atoms with Crippen molar-refractivity contribution < 1.29 is 14.2 Å². The summed E-state index contributed by atoms with van der Waals surface area (Å²) in [6.45, 7) is 0.237.